The topological polar surface area (TPSA) is 108 Å². The number of hydrogen-bond acceptors (Lipinski definition) is 6. The molecule has 0 saturated carbocycles. The molecule has 0 aliphatic carbocycles. The van der Waals surface area contributed by atoms with Crippen LogP contribution in [0.3, 0.4) is 0 Å². The Morgan fingerprint density at radius 3 is 2.63 bits per heavy atom. The van der Waals surface area contributed by atoms with Gasteiger partial charge in [-0.15, -0.1) is 10.2 Å². The second-order valence-electron chi connectivity index (χ2n) is 6.78. The van der Waals surface area contributed by atoms with Crippen LogP contribution in [0.5, 0.6) is 0 Å². The van der Waals surface area contributed by atoms with E-state index >= 15 is 0 Å². The molecule has 1 N–H and O–H groups in total. The van der Waals surface area contributed by atoms with Gasteiger partial charge in [0.1, 0.15) is 11.2 Å². The third kappa shape index (κ3) is 3.45. The predicted octanol–water partition coefficient (Wildman–Crippen LogP) is 2.65. The number of fused-ring (bicyclic) bond motifs is 1. The van der Waals surface area contributed by atoms with E-state index in [1.165, 1.54) is 4.80 Å². The van der Waals surface area contributed by atoms with E-state index in [0.29, 0.717) is 41.2 Å². The van der Waals surface area contributed by atoms with Crippen molar-refractivity contribution in [2.24, 2.45) is 0 Å². The maximum Gasteiger partial charge on any atom is 0.261 e. The Hall–Kier alpha value is -3.88. The number of anilines is 1. The molecule has 152 valence electrons. The fourth-order valence-electron chi connectivity index (χ4n) is 3.22. The van der Waals surface area contributed by atoms with Gasteiger partial charge in [0.05, 0.1) is 17.6 Å². The van der Waals surface area contributed by atoms with Gasteiger partial charge >= 0.3 is 0 Å². The van der Waals surface area contributed by atoms with E-state index in [9.17, 15) is 9.59 Å². The summed E-state index contributed by atoms with van der Waals surface area (Å²) < 4.78 is 1.80. The van der Waals surface area contributed by atoms with Crippen LogP contribution in [0.2, 0.25) is 0 Å². The summed E-state index contributed by atoms with van der Waals surface area (Å²) in [5, 5.41) is 15.6. The molecule has 1 amide bonds. The van der Waals surface area contributed by atoms with Crippen molar-refractivity contribution in [3.05, 3.63) is 64.1 Å². The lowest BCUT2D eigenvalue weighted by Gasteiger charge is -2.12. The van der Waals surface area contributed by atoms with E-state index in [-0.39, 0.29) is 11.0 Å². The van der Waals surface area contributed by atoms with Crippen molar-refractivity contribution < 1.29 is 4.79 Å². The van der Waals surface area contributed by atoms with Gasteiger partial charge in [-0.3, -0.25) is 9.59 Å². The molecule has 0 bridgehead atoms. The van der Waals surface area contributed by atoms with Gasteiger partial charge in [-0.1, -0.05) is 12.1 Å². The highest BCUT2D eigenvalue weighted by Crippen LogP contribution is 2.24. The van der Waals surface area contributed by atoms with Crippen molar-refractivity contribution >= 4 is 22.6 Å². The number of benzene rings is 1. The molecule has 0 radical (unpaired) electrons. The molecule has 0 aliphatic heterocycles. The van der Waals surface area contributed by atoms with E-state index in [2.05, 4.69) is 25.7 Å². The number of nitrogens with zero attached hydrogens (tertiary/aromatic N) is 6. The van der Waals surface area contributed by atoms with E-state index in [0.717, 1.165) is 5.69 Å². The minimum Gasteiger partial charge on any atom is -0.332 e. The molecule has 4 aromatic rings. The van der Waals surface area contributed by atoms with Crippen LogP contribution in [-0.2, 0) is 13.1 Å². The highest BCUT2D eigenvalue weighted by atomic mass is 16.2. The number of rotatable bonds is 5. The normalized spacial score (nSPS) is 11.0. The average Bonchev–Trinajstić information content (AvgIpc) is 3.23. The van der Waals surface area contributed by atoms with Crippen molar-refractivity contribution in [3.63, 3.8) is 0 Å². The van der Waals surface area contributed by atoms with Crippen LogP contribution in [-0.4, -0.2) is 35.7 Å². The number of carbonyl (C=O) groups is 1. The molecule has 0 saturated heterocycles. The van der Waals surface area contributed by atoms with Gasteiger partial charge < -0.3 is 9.88 Å². The van der Waals surface area contributed by atoms with Gasteiger partial charge in [-0.2, -0.15) is 4.80 Å². The summed E-state index contributed by atoms with van der Waals surface area (Å²) in [6.45, 7) is 6.88. The summed E-state index contributed by atoms with van der Waals surface area (Å²) in [5.74, 6) is -0.100. The third-order valence-electron chi connectivity index (χ3n) is 4.80. The van der Waals surface area contributed by atoms with Crippen molar-refractivity contribution in [1.82, 2.24) is 29.8 Å². The molecular formula is C21H21N7O2. The summed E-state index contributed by atoms with van der Waals surface area (Å²) in [7, 11) is 0. The molecule has 9 heteroatoms. The van der Waals surface area contributed by atoms with Crippen molar-refractivity contribution in [3.8, 4) is 11.4 Å². The number of pyridine rings is 2. The van der Waals surface area contributed by atoms with Gasteiger partial charge in [0.25, 0.3) is 5.91 Å². The molecule has 0 atom stereocenters. The number of aryl methyl sites for hydroxylation is 3. The van der Waals surface area contributed by atoms with Crippen LogP contribution in [0, 0.1) is 6.92 Å². The summed E-state index contributed by atoms with van der Waals surface area (Å²) >= 11 is 0. The molecule has 0 aliphatic rings. The zero-order valence-electron chi connectivity index (χ0n) is 17.0. The standard InChI is InChI=1S/C21H21N7O2/c1-4-27-12-16(18(29)15-11-10-13(3)22-20(15)27)21(30)23-17-9-7-6-8-14(17)19-24-26-28(5-2)25-19/h6-12H,4-5H2,1-3H3,(H,23,30). The number of nitrogens with one attached hydrogen (secondary N) is 1. The molecule has 9 nitrogen and oxygen atoms in total. The second-order valence-corrected chi connectivity index (χ2v) is 6.78. The first-order valence-electron chi connectivity index (χ1n) is 9.71. The minimum absolute atomic E-state index is 0.0509. The zero-order chi connectivity index (χ0) is 21.3. The summed E-state index contributed by atoms with van der Waals surface area (Å²) in [5.41, 5.74) is 2.20. The maximum absolute atomic E-state index is 13.1. The van der Waals surface area contributed by atoms with Crippen LogP contribution >= 0.6 is 0 Å². The Bertz CT molecular complexity index is 1310. The molecule has 0 fully saturated rings. The first kappa shape index (κ1) is 19.4. The molecule has 30 heavy (non-hydrogen) atoms. The van der Waals surface area contributed by atoms with Gasteiger partial charge in [-0.05, 0) is 50.3 Å². The number of tetrazole rings is 1. The monoisotopic (exact) mass is 403 g/mol. The van der Waals surface area contributed by atoms with Crippen molar-refractivity contribution in [2.45, 2.75) is 33.9 Å². The number of amides is 1. The zero-order valence-corrected chi connectivity index (χ0v) is 17.0. The fourth-order valence-corrected chi connectivity index (χ4v) is 3.22. The van der Waals surface area contributed by atoms with Gasteiger partial charge in [0.2, 0.25) is 11.3 Å². The summed E-state index contributed by atoms with van der Waals surface area (Å²) in [4.78, 5) is 32.0. The largest absolute Gasteiger partial charge is 0.332 e. The van der Waals surface area contributed by atoms with Gasteiger partial charge in [-0.25, -0.2) is 4.98 Å². The van der Waals surface area contributed by atoms with Crippen LogP contribution in [0.25, 0.3) is 22.4 Å². The van der Waals surface area contributed by atoms with E-state index < -0.39 is 5.91 Å². The second kappa shape index (κ2) is 7.86. The summed E-state index contributed by atoms with van der Waals surface area (Å²) in [6, 6.07) is 10.6. The Morgan fingerprint density at radius 1 is 1.10 bits per heavy atom. The number of carbonyl (C=O) groups excluding carboxylic acids is 1. The third-order valence-corrected chi connectivity index (χ3v) is 4.80. The molecule has 0 spiro atoms. The lowest BCUT2D eigenvalue weighted by atomic mass is 10.1. The molecule has 4 rings (SSSR count). The molecule has 0 unspecified atom stereocenters. The fraction of sp³-hybridized carbons (Fsp3) is 0.238. The molecule has 1 aromatic carbocycles. The van der Waals surface area contributed by atoms with Crippen LogP contribution < -0.4 is 10.7 Å². The van der Waals surface area contributed by atoms with Crippen molar-refractivity contribution in [2.75, 3.05) is 5.32 Å². The molecule has 3 heterocycles. The van der Waals surface area contributed by atoms with Gasteiger partial charge in [0.15, 0.2) is 0 Å². The Kier molecular flexibility index (Phi) is 5.09. The van der Waals surface area contributed by atoms with Crippen molar-refractivity contribution in [1.29, 1.82) is 0 Å². The lowest BCUT2D eigenvalue weighted by Crippen LogP contribution is -2.24. The Balaban J connectivity index is 1.75. The van der Waals surface area contributed by atoms with Crippen LogP contribution in [0.4, 0.5) is 5.69 Å². The first-order chi connectivity index (χ1) is 14.5. The quantitative estimate of drug-likeness (QED) is 0.549. The number of aromatic nitrogens is 6. The SMILES string of the molecule is CCn1nnc(-c2ccccc2NC(=O)c2cn(CC)c3nc(C)ccc3c2=O)n1. The summed E-state index contributed by atoms with van der Waals surface area (Å²) in [6.07, 6.45) is 1.56. The maximum atomic E-state index is 13.1. The predicted molar refractivity (Wildman–Crippen MR) is 113 cm³/mol. The van der Waals surface area contributed by atoms with E-state index in [1.54, 1.807) is 41.1 Å². The highest BCUT2D eigenvalue weighted by molar-refractivity contribution is 6.07. The van der Waals surface area contributed by atoms with E-state index in [4.69, 9.17) is 0 Å². The minimum atomic E-state index is -0.500. The number of para-hydroxylation sites is 1. The van der Waals surface area contributed by atoms with E-state index in [1.807, 2.05) is 26.8 Å². The number of hydrogen-bond donors (Lipinski definition) is 1. The average molecular weight is 403 g/mol. The first-order valence-corrected chi connectivity index (χ1v) is 9.71. The Morgan fingerprint density at radius 2 is 1.90 bits per heavy atom. The van der Waals surface area contributed by atoms with Crippen LogP contribution in [0.15, 0.2) is 47.4 Å². The smallest absolute Gasteiger partial charge is 0.261 e. The van der Waals surface area contributed by atoms with Crippen LogP contribution in [0.1, 0.15) is 29.9 Å². The van der Waals surface area contributed by atoms with Gasteiger partial charge in [0, 0.05) is 24.0 Å². The Labute approximate surface area is 172 Å². The highest BCUT2D eigenvalue weighted by Gasteiger charge is 2.18. The molecular weight excluding hydrogens is 382 g/mol. The lowest BCUT2D eigenvalue weighted by molar-refractivity contribution is 0.102. The molecule has 3 aromatic heterocycles.